The van der Waals surface area contributed by atoms with E-state index in [1.54, 1.807) is 13.0 Å². The minimum absolute atomic E-state index is 0.255. The largest absolute Gasteiger partial charge is 0.465 e. The maximum absolute atomic E-state index is 13.1. The van der Waals surface area contributed by atoms with Gasteiger partial charge in [0.15, 0.2) is 0 Å². The van der Waals surface area contributed by atoms with Gasteiger partial charge in [-0.3, -0.25) is 0 Å². The second-order valence-corrected chi connectivity index (χ2v) is 4.26. The summed E-state index contributed by atoms with van der Waals surface area (Å²) >= 11 is 0. The summed E-state index contributed by atoms with van der Waals surface area (Å²) in [7, 11) is 1.28. The van der Waals surface area contributed by atoms with Gasteiger partial charge < -0.3 is 15.2 Å². The van der Waals surface area contributed by atoms with Crippen molar-refractivity contribution in [2.75, 3.05) is 12.8 Å². The van der Waals surface area contributed by atoms with Gasteiger partial charge in [-0.1, -0.05) is 0 Å². The molecule has 0 aliphatic carbocycles. The van der Waals surface area contributed by atoms with Gasteiger partial charge in [-0.25, -0.2) is 9.18 Å². The highest BCUT2D eigenvalue weighted by molar-refractivity contribution is 5.93. The van der Waals surface area contributed by atoms with Crippen LogP contribution in [0.15, 0.2) is 36.4 Å². The number of hydrogen-bond donors (Lipinski definition) is 1. The van der Waals surface area contributed by atoms with Crippen molar-refractivity contribution < 1.29 is 18.7 Å². The normalized spacial score (nSPS) is 10.2. The van der Waals surface area contributed by atoms with Crippen molar-refractivity contribution in [3.63, 3.8) is 0 Å². The van der Waals surface area contributed by atoms with Gasteiger partial charge in [0, 0.05) is 11.8 Å². The molecule has 0 aliphatic rings. The van der Waals surface area contributed by atoms with E-state index < -0.39 is 5.97 Å². The molecule has 2 aromatic rings. The third-order valence-corrected chi connectivity index (χ3v) is 2.77. The fraction of sp³-hybridized carbons (Fsp3) is 0.133. The van der Waals surface area contributed by atoms with Gasteiger partial charge in [0.05, 0.1) is 7.11 Å². The van der Waals surface area contributed by atoms with E-state index in [4.69, 9.17) is 10.5 Å². The number of hydrogen-bond acceptors (Lipinski definition) is 4. The molecule has 0 atom stereocenters. The van der Waals surface area contributed by atoms with Gasteiger partial charge in [0.2, 0.25) is 0 Å². The van der Waals surface area contributed by atoms with Crippen molar-refractivity contribution in [3.05, 3.63) is 53.3 Å². The molecule has 0 saturated carbocycles. The van der Waals surface area contributed by atoms with E-state index in [0.717, 1.165) is 0 Å². The van der Waals surface area contributed by atoms with E-state index in [2.05, 4.69) is 4.74 Å². The summed E-state index contributed by atoms with van der Waals surface area (Å²) in [5, 5.41) is 0. The van der Waals surface area contributed by atoms with Gasteiger partial charge in [0.25, 0.3) is 0 Å². The minimum atomic E-state index is -0.528. The molecule has 2 N–H and O–H groups in total. The van der Waals surface area contributed by atoms with Crippen LogP contribution in [0.25, 0.3) is 0 Å². The van der Waals surface area contributed by atoms with Crippen molar-refractivity contribution in [1.29, 1.82) is 0 Å². The van der Waals surface area contributed by atoms with Crippen LogP contribution in [0, 0.1) is 12.7 Å². The van der Waals surface area contributed by atoms with E-state index >= 15 is 0 Å². The molecular weight excluding hydrogens is 261 g/mol. The smallest absolute Gasteiger partial charge is 0.341 e. The van der Waals surface area contributed by atoms with Gasteiger partial charge in [-0.15, -0.1) is 0 Å². The molecule has 5 heteroatoms. The SMILES string of the molecule is COC(=O)c1ccc(N)cc1Oc1ccc(F)cc1C. The molecule has 104 valence electrons. The molecule has 0 amide bonds. The van der Waals surface area contributed by atoms with E-state index in [1.165, 1.54) is 37.4 Å². The van der Waals surface area contributed by atoms with Crippen LogP contribution in [0.3, 0.4) is 0 Å². The highest BCUT2D eigenvalue weighted by atomic mass is 19.1. The summed E-state index contributed by atoms with van der Waals surface area (Å²) in [6.07, 6.45) is 0. The Balaban J connectivity index is 2.41. The Bertz CT molecular complexity index is 656. The van der Waals surface area contributed by atoms with Crippen LogP contribution in [-0.4, -0.2) is 13.1 Å². The molecule has 4 nitrogen and oxygen atoms in total. The lowest BCUT2D eigenvalue weighted by Crippen LogP contribution is -2.04. The van der Waals surface area contributed by atoms with Gasteiger partial charge in [-0.2, -0.15) is 0 Å². The van der Waals surface area contributed by atoms with Crippen molar-refractivity contribution >= 4 is 11.7 Å². The van der Waals surface area contributed by atoms with Crippen molar-refractivity contribution in [2.24, 2.45) is 0 Å². The van der Waals surface area contributed by atoms with Crippen LogP contribution in [0.5, 0.6) is 11.5 Å². The summed E-state index contributed by atoms with van der Waals surface area (Å²) in [5.41, 5.74) is 7.01. The van der Waals surface area contributed by atoms with E-state index in [1.807, 2.05) is 0 Å². The molecule has 0 fully saturated rings. The minimum Gasteiger partial charge on any atom is -0.465 e. The lowest BCUT2D eigenvalue weighted by Gasteiger charge is -2.12. The van der Waals surface area contributed by atoms with Crippen molar-refractivity contribution in [3.8, 4) is 11.5 Å². The first kappa shape index (κ1) is 13.9. The van der Waals surface area contributed by atoms with Crippen LogP contribution in [-0.2, 0) is 4.74 Å². The Morgan fingerprint density at radius 1 is 1.15 bits per heavy atom. The number of ether oxygens (including phenoxy) is 2. The summed E-state index contributed by atoms with van der Waals surface area (Å²) in [4.78, 5) is 11.7. The van der Waals surface area contributed by atoms with E-state index in [0.29, 0.717) is 17.0 Å². The summed E-state index contributed by atoms with van der Waals surface area (Å²) in [5.74, 6) is -0.163. The predicted octanol–water partition coefficient (Wildman–Crippen LogP) is 3.30. The first-order valence-corrected chi connectivity index (χ1v) is 5.93. The molecule has 2 aromatic carbocycles. The molecule has 20 heavy (non-hydrogen) atoms. The zero-order valence-corrected chi connectivity index (χ0v) is 11.1. The standard InChI is InChI=1S/C15H14FNO3/c1-9-7-10(16)3-6-13(9)20-14-8-11(17)4-5-12(14)15(18)19-2/h3-8H,17H2,1-2H3. The maximum atomic E-state index is 13.1. The maximum Gasteiger partial charge on any atom is 0.341 e. The number of nitrogen functional groups attached to an aromatic ring is 1. The van der Waals surface area contributed by atoms with Crippen LogP contribution >= 0.6 is 0 Å². The summed E-state index contributed by atoms with van der Waals surface area (Å²) < 4.78 is 23.4. The van der Waals surface area contributed by atoms with Gasteiger partial charge >= 0.3 is 5.97 Å². The van der Waals surface area contributed by atoms with Crippen LogP contribution in [0.4, 0.5) is 10.1 Å². The Kier molecular flexibility index (Phi) is 3.89. The molecule has 0 saturated heterocycles. The molecule has 0 bridgehead atoms. The predicted molar refractivity (Wildman–Crippen MR) is 73.4 cm³/mol. The quantitative estimate of drug-likeness (QED) is 0.689. The molecule has 0 unspecified atom stereocenters. The zero-order valence-electron chi connectivity index (χ0n) is 11.1. The number of esters is 1. The molecule has 2 rings (SSSR count). The topological polar surface area (TPSA) is 61.5 Å². The first-order valence-electron chi connectivity index (χ1n) is 5.93. The third kappa shape index (κ3) is 2.88. The molecule has 0 heterocycles. The fourth-order valence-electron chi connectivity index (χ4n) is 1.75. The Hall–Kier alpha value is -2.56. The molecule has 0 spiro atoms. The average Bonchev–Trinajstić information content (AvgIpc) is 2.41. The van der Waals surface area contributed by atoms with Gasteiger partial charge in [0.1, 0.15) is 22.9 Å². The zero-order chi connectivity index (χ0) is 14.7. The third-order valence-electron chi connectivity index (χ3n) is 2.77. The lowest BCUT2D eigenvalue weighted by atomic mass is 10.1. The highest BCUT2D eigenvalue weighted by Gasteiger charge is 2.15. The van der Waals surface area contributed by atoms with Crippen LogP contribution in [0.2, 0.25) is 0 Å². The van der Waals surface area contributed by atoms with Crippen molar-refractivity contribution in [2.45, 2.75) is 6.92 Å². The average molecular weight is 275 g/mol. The fourth-order valence-corrected chi connectivity index (χ4v) is 1.75. The number of aryl methyl sites for hydroxylation is 1. The monoisotopic (exact) mass is 275 g/mol. The second kappa shape index (κ2) is 5.61. The molecular formula is C15H14FNO3. The molecule has 0 aromatic heterocycles. The number of rotatable bonds is 3. The number of benzene rings is 2. The van der Waals surface area contributed by atoms with Crippen LogP contribution in [0.1, 0.15) is 15.9 Å². The number of nitrogens with two attached hydrogens (primary N) is 1. The number of halogens is 1. The lowest BCUT2D eigenvalue weighted by molar-refractivity contribution is 0.0598. The highest BCUT2D eigenvalue weighted by Crippen LogP contribution is 2.30. The number of methoxy groups -OCH3 is 1. The summed E-state index contributed by atoms with van der Waals surface area (Å²) in [6, 6.07) is 8.75. The number of carbonyl (C=O) groups is 1. The van der Waals surface area contributed by atoms with Crippen molar-refractivity contribution in [1.82, 2.24) is 0 Å². The Labute approximate surface area is 115 Å². The number of carbonyl (C=O) groups excluding carboxylic acids is 1. The Morgan fingerprint density at radius 3 is 2.55 bits per heavy atom. The number of anilines is 1. The molecule has 0 aliphatic heterocycles. The van der Waals surface area contributed by atoms with E-state index in [9.17, 15) is 9.18 Å². The van der Waals surface area contributed by atoms with Gasteiger partial charge in [-0.05, 0) is 42.8 Å². The summed E-state index contributed by atoms with van der Waals surface area (Å²) in [6.45, 7) is 1.71. The van der Waals surface area contributed by atoms with E-state index in [-0.39, 0.29) is 17.1 Å². The Morgan fingerprint density at radius 2 is 1.90 bits per heavy atom. The molecule has 0 radical (unpaired) electrons. The second-order valence-electron chi connectivity index (χ2n) is 4.26. The first-order chi connectivity index (χ1) is 9.51. The van der Waals surface area contributed by atoms with Crippen LogP contribution < -0.4 is 10.5 Å².